The molecule has 1 fully saturated rings. The molecular formula is C8H17N. The molecule has 2 N–H and O–H groups in total. The van der Waals surface area contributed by atoms with Crippen LogP contribution in [-0.2, 0) is 0 Å². The Morgan fingerprint density at radius 3 is 2.22 bits per heavy atom. The third-order valence-corrected chi connectivity index (χ3v) is 2.88. The van der Waals surface area contributed by atoms with Crippen LogP contribution < -0.4 is 5.73 Å². The summed E-state index contributed by atoms with van der Waals surface area (Å²) in [6.07, 6.45) is 5.08. The van der Waals surface area contributed by atoms with Gasteiger partial charge in [-0.15, -0.1) is 0 Å². The van der Waals surface area contributed by atoms with Gasteiger partial charge in [-0.3, -0.25) is 0 Å². The summed E-state index contributed by atoms with van der Waals surface area (Å²) in [6.45, 7) is 4.48. The van der Waals surface area contributed by atoms with Crippen molar-refractivity contribution in [1.29, 1.82) is 0 Å². The van der Waals surface area contributed by atoms with Crippen molar-refractivity contribution < 1.29 is 0 Å². The number of hydrogen-bond donors (Lipinski definition) is 1. The molecule has 0 aromatic heterocycles. The Morgan fingerprint density at radius 1 is 1.56 bits per heavy atom. The minimum Gasteiger partial charge on any atom is -0.325 e. The van der Waals surface area contributed by atoms with Crippen LogP contribution >= 0.6 is 0 Å². The number of hydrogen-bond acceptors (Lipinski definition) is 1. The third kappa shape index (κ3) is 1.11. The standard InChI is InChI=1S/C8H17N/c1-3-7(2)8(9)5-4-6-8/h7H,3-6,9H2,1-2H3. The molecule has 1 nitrogen and oxygen atoms in total. The van der Waals surface area contributed by atoms with Crippen molar-refractivity contribution in [2.45, 2.75) is 45.1 Å². The van der Waals surface area contributed by atoms with E-state index >= 15 is 0 Å². The normalized spacial score (nSPS) is 27.0. The first-order valence-electron chi connectivity index (χ1n) is 3.98. The molecule has 0 heterocycles. The summed E-state index contributed by atoms with van der Waals surface area (Å²) in [5.41, 5.74) is 6.29. The SMILES string of the molecule is CCC(C)C1(N)CCC1. The molecule has 9 heavy (non-hydrogen) atoms. The molecule has 0 aromatic rings. The van der Waals surface area contributed by atoms with Gasteiger partial charge in [-0.1, -0.05) is 20.3 Å². The Bertz CT molecular complexity index is 94.7. The topological polar surface area (TPSA) is 26.0 Å². The maximum atomic E-state index is 6.06. The van der Waals surface area contributed by atoms with Crippen molar-refractivity contribution in [3.05, 3.63) is 0 Å². The summed E-state index contributed by atoms with van der Waals surface area (Å²) in [5, 5.41) is 0. The molecule has 1 aliphatic carbocycles. The van der Waals surface area contributed by atoms with E-state index in [-0.39, 0.29) is 5.54 Å². The predicted octanol–water partition coefficient (Wildman–Crippen LogP) is 1.91. The van der Waals surface area contributed by atoms with E-state index in [2.05, 4.69) is 13.8 Å². The highest BCUT2D eigenvalue weighted by Gasteiger charge is 2.36. The van der Waals surface area contributed by atoms with Gasteiger partial charge in [0.2, 0.25) is 0 Å². The van der Waals surface area contributed by atoms with Gasteiger partial charge in [0, 0.05) is 5.54 Å². The average Bonchev–Trinajstić information content (AvgIpc) is 1.81. The Labute approximate surface area is 57.6 Å². The zero-order chi connectivity index (χ0) is 6.91. The Balaban J connectivity index is 2.38. The summed E-state index contributed by atoms with van der Waals surface area (Å²) in [6, 6.07) is 0. The van der Waals surface area contributed by atoms with Gasteiger partial charge in [0.05, 0.1) is 0 Å². The molecule has 1 atom stereocenters. The molecule has 1 heteroatoms. The van der Waals surface area contributed by atoms with E-state index in [1.807, 2.05) is 0 Å². The van der Waals surface area contributed by atoms with E-state index in [1.54, 1.807) is 0 Å². The lowest BCUT2D eigenvalue weighted by atomic mass is 9.69. The van der Waals surface area contributed by atoms with Crippen molar-refractivity contribution in [3.8, 4) is 0 Å². The van der Waals surface area contributed by atoms with E-state index in [1.165, 1.54) is 25.7 Å². The molecule has 0 bridgehead atoms. The van der Waals surface area contributed by atoms with Crippen molar-refractivity contribution in [2.75, 3.05) is 0 Å². The van der Waals surface area contributed by atoms with Gasteiger partial charge in [-0.2, -0.15) is 0 Å². The highest BCUT2D eigenvalue weighted by molar-refractivity contribution is 4.95. The first-order valence-corrected chi connectivity index (χ1v) is 3.98. The van der Waals surface area contributed by atoms with Crippen LogP contribution in [0.25, 0.3) is 0 Å². The van der Waals surface area contributed by atoms with Gasteiger partial charge in [0.25, 0.3) is 0 Å². The zero-order valence-corrected chi connectivity index (χ0v) is 6.48. The molecule has 0 amide bonds. The van der Waals surface area contributed by atoms with Gasteiger partial charge >= 0.3 is 0 Å². The molecule has 0 spiro atoms. The largest absolute Gasteiger partial charge is 0.325 e. The molecular weight excluding hydrogens is 110 g/mol. The van der Waals surface area contributed by atoms with Crippen molar-refractivity contribution in [2.24, 2.45) is 11.7 Å². The van der Waals surface area contributed by atoms with Gasteiger partial charge in [-0.25, -0.2) is 0 Å². The molecule has 0 radical (unpaired) electrons. The maximum Gasteiger partial charge on any atom is 0.0180 e. The van der Waals surface area contributed by atoms with Crippen LogP contribution in [0.1, 0.15) is 39.5 Å². The van der Waals surface area contributed by atoms with E-state index in [0.29, 0.717) is 0 Å². The molecule has 1 rings (SSSR count). The molecule has 1 saturated carbocycles. The average molecular weight is 127 g/mol. The second kappa shape index (κ2) is 2.30. The quantitative estimate of drug-likeness (QED) is 0.602. The van der Waals surface area contributed by atoms with Crippen LogP contribution in [0.2, 0.25) is 0 Å². The maximum absolute atomic E-state index is 6.06. The second-order valence-electron chi connectivity index (χ2n) is 3.40. The summed E-state index contributed by atoms with van der Waals surface area (Å²) in [4.78, 5) is 0. The summed E-state index contributed by atoms with van der Waals surface area (Å²) in [7, 11) is 0. The Morgan fingerprint density at radius 2 is 2.11 bits per heavy atom. The van der Waals surface area contributed by atoms with Gasteiger partial charge in [0.15, 0.2) is 0 Å². The highest BCUT2D eigenvalue weighted by atomic mass is 14.8. The van der Waals surface area contributed by atoms with Crippen LogP contribution in [0.4, 0.5) is 0 Å². The van der Waals surface area contributed by atoms with Crippen LogP contribution in [0, 0.1) is 5.92 Å². The van der Waals surface area contributed by atoms with E-state index in [9.17, 15) is 0 Å². The lowest BCUT2D eigenvalue weighted by molar-refractivity contribution is 0.161. The van der Waals surface area contributed by atoms with Gasteiger partial charge in [0.1, 0.15) is 0 Å². The van der Waals surface area contributed by atoms with Gasteiger partial charge in [-0.05, 0) is 25.2 Å². The van der Waals surface area contributed by atoms with E-state index in [4.69, 9.17) is 5.73 Å². The first kappa shape index (κ1) is 7.07. The molecule has 1 unspecified atom stereocenters. The van der Waals surface area contributed by atoms with Crippen LogP contribution in [0.15, 0.2) is 0 Å². The number of rotatable bonds is 2. The molecule has 0 saturated heterocycles. The fraction of sp³-hybridized carbons (Fsp3) is 1.00. The second-order valence-corrected chi connectivity index (χ2v) is 3.40. The Hall–Kier alpha value is -0.0400. The lowest BCUT2D eigenvalue weighted by Gasteiger charge is -2.43. The molecule has 0 aromatic carbocycles. The summed E-state index contributed by atoms with van der Waals surface area (Å²) >= 11 is 0. The van der Waals surface area contributed by atoms with Gasteiger partial charge < -0.3 is 5.73 Å². The minimum atomic E-state index is 0.231. The molecule has 1 aliphatic rings. The van der Waals surface area contributed by atoms with Crippen molar-refractivity contribution >= 4 is 0 Å². The highest BCUT2D eigenvalue weighted by Crippen LogP contribution is 2.36. The predicted molar refractivity (Wildman–Crippen MR) is 40.2 cm³/mol. The van der Waals surface area contributed by atoms with Crippen molar-refractivity contribution in [1.82, 2.24) is 0 Å². The molecule has 0 aliphatic heterocycles. The lowest BCUT2D eigenvalue weighted by Crippen LogP contribution is -2.51. The van der Waals surface area contributed by atoms with E-state index < -0.39 is 0 Å². The molecule has 54 valence electrons. The first-order chi connectivity index (χ1) is 4.19. The zero-order valence-electron chi connectivity index (χ0n) is 6.48. The van der Waals surface area contributed by atoms with E-state index in [0.717, 1.165) is 5.92 Å². The summed E-state index contributed by atoms with van der Waals surface area (Å²) in [5.74, 6) is 0.728. The summed E-state index contributed by atoms with van der Waals surface area (Å²) < 4.78 is 0. The fourth-order valence-electron chi connectivity index (χ4n) is 1.48. The number of nitrogens with two attached hydrogens (primary N) is 1. The Kier molecular flexibility index (Phi) is 1.80. The smallest absolute Gasteiger partial charge is 0.0180 e. The van der Waals surface area contributed by atoms with Crippen LogP contribution in [0.3, 0.4) is 0 Å². The fourth-order valence-corrected chi connectivity index (χ4v) is 1.48. The van der Waals surface area contributed by atoms with Crippen molar-refractivity contribution in [3.63, 3.8) is 0 Å². The van der Waals surface area contributed by atoms with Crippen LogP contribution in [-0.4, -0.2) is 5.54 Å². The third-order valence-electron chi connectivity index (χ3n) is 2.88. The minimum absolute atomic E-state index is 0.231. The van der Waals surface area contributed by atoms with Crippen LogP contribution in [0.5, 0.6) is 0 Å². The monoisotopic (exact) mass is 127 g/mol.